The summed E-state index contributed by atoms with van der Waals surface area (Å²) in [6, 6.07) is 2.80. The molecule has 0 amide bonds. The van der Waals surface area contributed by atoms with Gasteiger partial charge in [-0.2, -0.15) is 0 Å². The van der Waals surface area contributed by atoms with E-state index in [0.29, 0.717) is 4.47 Å². The first-order valence-corrected chi connectivity index (χ1v) is 8.40. The predicted molar refractivity (Wildman–Crippen MR) is 83.6 cm³/mol. The lowest BCUT2D eigenvalue weighted by molar-refractivity contribution is 0.400. The van der Waals surface area contributed by atoms with Gasteiger partial charge in [-0.3, -0.25) is 9.71 Å². The van der Waals surface area contributed by atoms with Crippen LogP contribution in [0.15, 0.2) is 33.9 Å². The van der Waals surface area contributed by atoms with Crippen molar-refractivity contribution in [2.75, 3.05) is 11.8 Å². The number of aromatic nitrogens is 2. The Morgan fingerprint density at radius 1 is 1.29 bits per heavy atom. The van der Waals surface area contributed by atoms with Gasteiger partial charge in [0, 0.05) is 5.02 Å². The summed E-state index contributed by atoms with van der Waals surface area (Å²) in [5.74, 6) is 0.113. The highest BCUT2D eigenvalue weighted by atomic mass is 79.9. The normalized spacial score (nSPS) is 11.2. The zero-order chi connectivity index (χ0) is 15.6. The molecule has 1 N–H and O–H groups in total. The number of methoxy groups -OCH3 is 1. The monoisotopic (exact) mass is 411 g/mol. The Bertz CT molecular complexity index is 786. The van der Waals surface area contributed by atoms with Crippen molar-refractivity contribution < 1.29 is 13.2 Å². The molecular weight excluding hydrogens is 405 g/mol. The molecule has 1 aromatic carbocycles. The molecule has 1 heterocycles. The molecule has 112 valence electrons. The predicted octanol–water partition coefficient (Wildman–Crippen LogP) is 3.36. The Kier molecular flexibility index (Phi) is 4.92. The van der Waals surface area contributed by atoms with Gasteiger partial charge in [-0.1, -0.05) is 23.2 Å². The Labute approximate surface area is 139 Å². The van der Waals surface area contributed by atoms with Crippen LogP contribution in [0.2, 0.25) is 10.2 Å². The van der Waals surface area contributed by atoms with Crippen molar-refractivity contribution in [1.82, 2.24) is 9.97 Å². The van der Waals surface area contributed by atoms with Crippen LogP contribution in [-0.2, 0) is 10.0 Å². The summed E-state index contributed by atoms with van der Waals surface area (Å²) >= 11 is 14.8. The summed E-state index contributed by atoms with van der Waals surface area (Å²) in [7, 11) is -2.62. The van der Waals surface area contributed by atoms with Gasteiger partial charge in [-0.15, -0.1) is 0 Å². The molecule has 1 aromatic heterocycles. The number of hydrogen-bond acceptors (Lipinski definition) is 5. The van der Waals surface area contributed by atoms with Crippen LogP contribution < -0.4 is 9.46 Å². The fourth-order valence-electron chi connectivity index (χ4n) is 1.52. The second kappa shape index (κ2) is 6.35. The minimum atomic E-state index is -3.97. The molecule has 0 fully saturated rings. The van der Waals surface area contributed by atoms with Crippen LogP contribution in [0.25, 0.3) is 0 Å². The lowest BCUT2D eigenvalue weighted by Crippen LogP contribution is -2.15. The first kappa shape index (κ1) is 16.3. The standard InChI is InChI=1S/C11H8BrCl2N3O3S/c1-20-11-7(12)2-6(13)3-8(11)21(18,19)17-10-5-15-4-9(14)16-10/h2-5H,1H3,(H,16,17). The molecule has 0 bridgehead atoms. The first-order chi connectivity index (χ1) is 9.83. The van der Waals surface area contributed by atoms with E-state index in [1.54, 1.807) is 0 Å². The quantitative estimate of drug-likeness (QED) is 0.832. The number of rotatable bonds is 4. The molecule has 2 rings (SSSR count). The molecule has 0 spiro atoms. The smallest absolute Gasteiger partial charge is 0.266 e. The van der Waals surface area contributed by atoms with E-state index in [1.807, 2.05) is 0 Å². The third-order valence-corrected chi connectivity index (χ3v) is 4.66. The number of benzene rings is 1. The lowest BCUT2D eigenvalue weighted by Gasteiger charge is -2.12. The minimum Gasteiger partial charge on any atom is -0.494 e. The summed E-state index contributed by atoms with van der Waals surface area (Å²) in [6.07, 6.45) is 2.52. The van der Waals surface area contributed by atoms with Gasteiger partial charge in [-0.05, 0) is 28.1 Å². The maximum Gasteiger partial charge on any atom is 0.266 e. The van der Waals surface area contributed by atoms with E-state index in [2.05, 4.69) is 30.6 Å². The second-order valence-electron chi connectivity index (χ2n) is 3.75. The highest BCUT2D eigenvalue weighted by Crippen LogP contribution is 2.36. The van der Waals surface area contributed by atoms with Gasteiger partial charge < -0.3 is 4.74 Å². The van der Waals surface area contributed by atoms with E-state index in [0.717, 1.165) is 0 Å². The van der Waals surface area contributed by atoms with Crippen molar-refractivity contribution in [3.05, 3.63) is 39.2 Å². The van der Waals surface area contributed by atoms with E-state index in [4.69, 9.17) is 27.9 Å². The molecule has 10 heteroatoms. The number of hydrogen-bond donors (Lipinski definition) is 1. The summed E-state index contributed by atoms with van der Waals surface area (Å²) in [4.78, 5) is 7.43. The van der Waals surface area contributed by atoms with Crippen LogP contribution in [0.1, 0.15) is 0 Å². The van der Waals surface area contributed by atoms with Gasteiger partial charge in [0.1, 0.15) is 10.0 Å². The van der Waals surface area contributed by atoms with Crippen molar-refractivity contribution >= 4 is 55.0 Å². The average molecular weight is 413 g/mol. The number of ether oxygens (including phenoxy) is 1. The number of anilines is 1. The Morgan fingerprint density at radius 2 is 2.00 bits per heavy atom. The van der Waals surface area contributed by atoms with Crippen LogP contribution in [0, 0.1) is 0 Å². The first-order valence-electron chi connectivity index (χ1n) is 5.37. The van der Waals surface area contributed by atoms with Crippen LogP contribution in [-0.4, -0.2) is 25.5 Å². The van der Waals surface area contributed by atoms with Gasteiger partial charge in [0.25, 0.3) is 10.0 Å². The molecule has 0 aliphatic heterocycles. The summed E-state index contributed by atoms with van der Waals surface area (Å²) < 4.78 is 32.6. The molecule has 0 aliphatic carbocycles. The van der Waals surface area contributed by atoms with E-state index in [9.17, 15) is 8.42 Å². The van der Waals surface area contributed by atoms with Gasteiger partial charge in [-0.25, -0.2) is 13.4 Å². The summed E-state index contributed by atoms with van der Waals surface area (Å²) in [6.45, 7) is 0. The largest absolute Gasteiger partial charge is 0.494 e. The Hall–Kier alpha value is -1.09. The zero-order valence-electron chi connectivity index (χ0n) is 10.5. The van der Waals surface area contributed by atoms with E-state index < -0.39 is 10.0 Å². The third kappa shape index (κ3) is 3.76. The maximum absolute atomic E-state index is 12.4. The Morgan fingerprint density at radius 3 is 2.62 bits per heavy atom. The van der Waals surface area contributed by atoms with Crippen LogP contribution >= 0.6 is 39.1 Å². The molecule has 2 aromatic rings. The van der Waals surface area contributed by atoms with Crippen LogP contribution in [0.3, 0.4) is 0 Å². The van der Waals surface area contributed by atoms with Gasteiger partial charge in [0.05, 0.1) is 24.0 Å². The molecule has 0 unspecified atom stereocenters. The average Bonchev–Trinajstić information content (AvgIpc) is 2.37. The highest BCUT2D eigenvalue weighted by molar-refractivity contribution is 9.10. The van der Waals surface area contributed by atoms with Crippen molar-refractivity contribution in [3.63, 3.8) is 0 Å². The second-order valence-corrected chi connectivity index (χ2v) is 7.08. The van der Waals surface area contributed by atoms with Crippen LogP contribution in [0.4, 0.5) is 5.82 Å². The van der Waals surface area contributed by atoms with Crippen molar-refractivity contribution in [2.24, 2.45) is 0 Å². The van der Waals surface area contributed by atoms with Crippen molar-refractivity contribution in [2.45, 2.75) is 4.90 Å². The zero-order valence-corrected chi connectivity index (χ0v) is 14.4. The lowest BCUT2D eigenvalue weighted by atomic mass is 10.3. The third-order valence-electron chi connectivity index (χ3n) is 2.31. The molecule has 0 radical (unpaired) electrons. The molecule has 0 saturated heterocycles. The van der Waals surface area contributed by atoms with Crippen molar-refractivity contribution in [1.29, 1.82) is 0 Å². The molecule has 21 heavy (non-hydrogen) atoms. The fourth-order valence-corrected chi connectivity index (χ4v) is 4.04. The van der Waals surface area contributed by atoms with E-state index >= 15 is 0 Å². The fraction of sp³-hybridized carbons (Fsp3) is 0.0909. The molecular formula is C11H8BrCl2N3O3S. The number of nitrogens with one attached hydrogen (secondary N) is 1. The summed E-state index contributed by atoms with van der Waals surface area (Å²) in [5.41, 5.74) is 0. The number of sulfonamides is 1. The molecule has 0 saturated carbocycles. The van der Waals surface area contributed by atoms with E-state index in [-0.39, 0.29) is 26.6 Å². The Balaban J connectivity index is 2.49. The molecule has 0 aliphatic rings. The van der Waals surface area contributed by atoms with E-state index in [1.165, 1.54) is 31.6 Å². The topological polar surface area (TPSA) is 81.2 Å². The maximum atomic E-state index is 12.4. The molecule has 6 nitrogen and oxygen atoms in total. The van der Waals surface area contributed by atoms with Gasteiger partial charge in [0.2, 0.25) is 0 Å². The molecule has 0 atom stereocenters. The number of nitrogens with zero attached hydrogens (tertiary/aromatic N) is 2. The number of halogens is 3. The SMILES string of the molecule is COc1c(Br)cc(Cl)cc1S(=O)(=O)Nc1cncc(Cl)n1. The minimum absolute atomic E-state index is 0.0133. The van der Waals surface area contributed by atoms with Crippen molar-refractivity contribution in [3.8, 4) is 5.75 Å². The summed E-state index contributed by atoms with van der Waals surface area (Å²) in [5, 5.41) is 0.301. The van der Waals surface area contributed by atoms with Gasteiger partial charge in [0.15, 0.2) is 11.6 Å². The van der Waals surface area contributed by atoms with Crippen LogP contribution in [0.5, 0.6) is 5.75 Å². The highest BCUT2D eigenvalue weighted by Gasteiger charge is 2.23. The van der Waals surface area contributed by atoms with Gasteiger partial charge >= 0.3 is 0 Å².